The van der Waals surface area contributed by atoms with Crippen molar-refractivity contribution in [2.45, 2.75) is 33.1 Å². The van der Waals surface area contributed by atoms with E-state index in [0.29, 0.717) is 18.4 Å². The molecule has 28 heavy (non-hydrogen) atoms. The number of hydrogen-bond acceptors (Lipinski definition) is 5. The zero-order valence-corrected chi connectivity index (χ0v) is 16.5. The Hall–Kier alpha value is -3.15. The Morgan fingerprint density at radius 1 is 1.00 bits per heavy atom. The lowest BCUT2D eigenvalue weighted by atomic mass is 10.1. The molecule has 0 aliphatic rings. The van der Waals surface area contributed by atoms with Crippen LogP contribution in [0.25, 0.3) is 16.7 Å². The molecule has 0 spiro atoms. The van der Waals surface area contributed by atoms with Crippen LogP contribution in [0.5, 0.6) is 11.8 Å². The van der Waals surface area contributed by atoms with E-state index in [0.717, 1.165) is 47.5 Å². The fourth-order valence-electron chi connectivity index (χ4n) is 3.45. The van der Waals surface area contributed by atoms with Gasteiger partial charge in [0.05, 0.1) is 19.4 Å². The average molecular weight is 376 g/mol. The van der Waals surface area contributed by atoms with Gasteiger partial charge >= 0.3 is 0 Å². The van der Waals surface area contributed by atoms with Crippen molar-refractivity contribution in [2.75, 3.05) is 13.7 Å². The zero-order valence-electron chi connectivity index (χ0n) is 16.5. The molecule has 0 aliphatic heterocycles. The van der Waals surface area contributed by atoms with Gasteiger partial charge in [-0.25, -0.2) is 9.97 Å². The monoisotopic (exact) mass is 376 g/mol. The lowest BCUT2D eigenvalue weighted by molar-refractivity contribution is 0.303. The normalized spacial score (nSPS) is 11.2. The molecule has 3 heterocycles. The zero-order chi connectivity index (χ0) is 19.5. The van der Waals surface area contributed by atoms with Gasteiger partial charge in [-0.05, 0) is 31.4 Å². The van der Waals surface area contributed by atoms with E-state index in [2.05, 4.69) is 36.2 Å². The third-order valence-electron chi connectivity index (χ3n) is 4.80. The van der Waals surface area contributed by atoms with E-state index in [1.54, 1.807) is 7.11 Å². The van der Waals surface area contributed by atoms with E-state index in [4.69, 9.17) is 19.4 Å². The fraction of sp³-hybridized carbons (Fsp3) is 0.318. The summed E-state index contributed by atoms with van der Waals surface area (Å²) in [5.74, 6) is 2.10. The van der Waals surface area contributed by atoms with E-state index in [1.165, 1.54) is 5.56 Å². The Labute approximate surface area is 164 Å². The SMILES string of the molecule is CCc1nc(C)c2c(OCCCc3ccccc3)nc3ccc(OC)nc3n12. The molecule has 6 nitrogen and oxygen atoms in total. The highest BCUT2D eigenvalue weighted by atomic mass is 16.5. The van der Waals surface area contributed by atoms with Crippen LogP contribution in [0, 0.1) is 6.92 Å². The molecule has 0 radical (unpaired) electrons. The van der Waals surface area contributed by atoms with Crippen molar-refractivity contribution in [3.8, 4) is 11.8 Å². The predicted octanol–water partition coefficient (Wildman–Crippen LogP) is 4.17. The Kier molecular flexibility index (Phi) is 5.10. The van der Waals surface area contributed by atoms with Gasteiger partial charge in [0.15, 0.2) is 5.65 Å². The van der Waals surface area contributed by atoms with Crippen LogP contribution in [0.2, 0.25) is 0 Å². The lowest BCUT2D eigenvalue weighted by Crippen LogP contribution is -2.06. The van der Waals surface area contributed by atoms with Gasteiger partial charge in [-0.1, -0.05) is 37.3 Å². The van der Waals surface area contributed by atoms with Crippen LogP contribution < -0.4 is 9.47 Å². The molecule has 0 amide bonds. The standard InChI is InChI=1S/C22H24N4O2/c1-4-18-23-15(2)20-22(28-14-8-11-16-9-6-5-7-10-16)24-17-12-13-19(27-3)25-21(17)26(18)20/h5-7,9-10,12-13H,4,8,11,14H2,1-3H3. The second kappa shape index (κ2) is 7.84. The molecular weight excluding hydrogens is 352 g/mol. The lowest BCUT2D eigenvalue weighted by Gasteiger charge is -2.11. The second-order valence-corrected chi connectivity index (χ2v) is 6.70. The van der Waals surface area contributed by atoms with E-state index in [-0.39, 0.29) is 0 Å². The van der Waals surface area contributed by atoms with Crippen molar-refractivity contribution < 1.29 is 9.47 Å². The molecule has 0 saturated carbocycles. The minimum atomic E-state index is 0.556. The first-order valence-electron chi connectivity index (χ1n) is 9.60. The summed E-state index contributed by atoms with van der Waals surface area (Å²) in [4.78, 5) is 14.0. The average Bonchev–Trinajstić information content (AvgIpc) is 3.08. The van der Waals surface area contributed by atoms with Gasteiger partial charge < -0.3 is 9.47 Å². The number of ether oxygens (including phenoxy) is 2. The number of methoxy groups -OCH3 is 1. The largest absolute Gasteiger partial charge is 0.481 e. The van der Waals surface area contributed by atoms with Gasteiger partial charge in [-0.15, -0.1) is 0 Å². The number of pyridine rings is 1. The quantitative estimate of drug-likeness (QED) is 0.453. The summed E-state index contributed by atoms with van der Waals surface area (Å²) in [5.41, 5.74) is 4.59. The van der Waals surface area contributed by atoms with Crippen LogP contribution in [-0.4, -0.2) is 33.1 Å². The molecule has 0 N–H and O–H groups in total. The number of aryl methyl sites for hydroxylation is 3. The summed E-state index contributed by atoms with van der Waals surface area (Å²) in [7, 11) is 1.61. The van der Waals surface area contributed by atoms with Crippen LogP contribution in [0.15, 0.2) is 42.5 Å². The van der Waals surface area contributed by atoms with Crippen molar-refractivity contribution in [1.29, 1.82) is 0 Å². The number of imidazole rings is 1. The first-order valence-corrected chi connectivity index (χ1v) is 9.60. The molecule has 0 fully saturated rings. The van der Waals surface area contributed by atoms with Crippen molar-refractivity contribution in [2.24, 2.45) is 0 Å². The van der Waals surface area contributed by atoms with Crippen molar-refractivity contribution in [3.05, 3.63) is 59.5 Å². The molecule has 0 aliphatic carbocycles. The summed E-state index contributed by atoms with van der Waals surface area (Å²) < 4.78 is 13.5. The maximum Gasteiger partial charge on any atom is 0.241 e. The van der Waals surface area contributed by atoms with Gasteiger partial charge in [-0.2, -0.15) is 4.98 Å². The molecule has 1 aromatic carbocycles. The Bertz CT molecular complexity index is 1110. The van der Waals surface area contributed by atoms with Gasteiger partial charge in [-0.3, -0.25) is 4.40 Å². The minimum absolute atomic E-state index is 0.556. The molecule has 144 valence electrons. The number of benzene rings is 1. The third kappa shape index (κ3) is 3.38. The smallest absolute Gasteiger partial charge is 0.241 e. The first kappa shape index (κ1) is 18.2. The summed E-state index contributed by atoms with van der Waals surface area (Å²) >= 11 is 0. The maximum atomic E-state index is 6.11. The third-order valence-corrected chi connectivity index (χ3v) is 4.80. The predicted molar refractivity (Wildman–Crippen MR) is 109 cm³/mol. The minimum Gasteiger partial charge on any atom is -0.481 e. The number of nitrogens with zero attached hydrogens (tertiary/aromatic N) is 4. The number of fused-ring (bicyclic) bond motifs is 3. The van der Waals surface area contributed by atoms with E-state index in [9.17, 15) is 0 Å². The van der Waals surface area contributed by atoms with Crippen molar-refractivity contribution in [1.82, 2.24) is 19.4 Å². The fourth-order valence-corrected chi connectivity index (χ4v) is 3.45. The van der Waals surface area contributed by atoms with Crippen LogP contribution in [-0.2, 0) is 12.8 Å². The highest BCUT2D eigenvalue weighted by Crippen LogP contribution is 2.28. The molecule has 0 unspecified atom stereocenters. The Morgan fingerprint density at radius 2 is 1.82 bits per heavy atom. The number of aromatic nitrogens is 4. The van der Waals surface area contributed by atoms with Crippen LogP contribution in [0.4, 0.5) is 0 Å². The topological polar surface area (TPSA) is 61.5 Å². The van der Waals surface area contributed by atoms with E-state index < -0.39 is 0 Å². The summed E-state index contributed by atoms with van der Waals surface area (Å²) in [5, 5.41) is 0. The maximum absolute atomic E-state index is 6.11. The summed E-state index contributed by atoms with van der Waals surface area (Å²) in [6, 6.07) is 14.2. The van der Waals surface area contributed by atoms with Gasteiger partial charge in [0.25, 0.3) is 0 Å². The van der Waals surface area contributed by atoms with Gasteiger partial charge in [0, 0.05) is 12.5 Å². The first-order chi connectivity index (χ1) is 13.7. The van der Waals surface area contributed by atoms with E-state index in [1.807, 2.05) is 29.5 Å². The summed E-state index contributed by atoms with van der Waals surface area (Å²) in [6.07, 6.45) is 2.69. The van der Waals surface area contributed by atoms with E-state index >= 15 is 0 Å². The van der Waals surface area contributed by atoms with Crippen LogP contribution >= 0.6 is 0 Å². The molecule has 0 saturated heterocycles. The molecule has 3 aromatic heterocycles. The van der Waals surface area contributed by atoms with Crippen LogP contribution in [0.1, 0.15) is 30.4 Å². The molecule has 4 aromatic rings. The summed E-state index contributed by atoms with van der Waals surface area (Å²) in [6.45, 7) is 4.67. The molecule has 0 atom stereocenters. The van der Waals surface area contributed by atoms with Crippen molar-refractivity contribution in [3.63, 3.8) is 0 Å². The van der Waals surface area contributed by atoms with Crippen molar-refractivity contribution >= 4 is 16.7 Å². The molecule has 6 heteroatoms. The highest BCUT2D eigenvalue weighted by Gasteiger charge is 2.18. The van der Waals surface area contributed by atoms with Gasteiger partial charge in [0.1, 0.15) is 16.9 Å². The Balaban J connectivity index is 1.68. The van der Waals surface area contributed by atoms with Crippen LogP contribution in [0.3, 0.4) is 0 Å². The highest BCUT2D eigenvalue weighted by molar-refractivity contribution is 5.79. The second-order valence-electron chi connectivity index (χ2n) is 6.70. The molecule has 0 bridgehead atoms. The molecular formula is C22H24N4O2. The number of rotatable bonds is 7. The number of hydrogen-bond donors (Lipinski definition) is 0. The van der Waals surface area contributed by atoms with Gasteiger partial charge in [0.2, 0.25) is 11.8 Å². The molecule has 4 rings (SSSR count). The Morgan fingerprint density at radius 3 is 2.57 bits per heavy atom.